The summed E-state index contributed by atoms with van der Waals surface area (Å²) < 4.78 is 10.3. The molecule has 1 aliphatic rings. The van der Waals surface area contributed by atoms with Crippen molar-refractivity contribution in [3.05, 3.63) is 17.5 Å². The summed E-state index contributed by atoms with van der Waals surface area (Å²) in [5.41, 5.74) is 0.460. The first-order valence-corrected chi connectivity index (χ1v) is 7.47. The van der Waals surface area contributed by atoms with Gasteiger partial charge in [0.2, 0.25) is 0 Å². The summed E-state index contributed by atoms with van der Waals surface area (Å²) in [7, 11) is 0. The Kier molecular flexibility index (Phi) is 4.88. The van der Waals surface area contributed by atoms with Gasteiger partial charge < -0.3 is 19.9 Å². The van der Waals surface area contributed by atoms with E-state index in [1.807, 2.05) is 33.8 Å². The Labute approximate surface area is 125 Å². The summed E-state index contributed by atoms with van der Waals surface area (Å²) in [5, 5.41) is 10.3. The molecule has 0 aromatic carbocycles. The second kappa shape index (κ2) is 6.47. The molecule has 2 unspecified atom stereocenters. The maximum atomic E-state index is 11.7. The minimum atomic E-state index is -0.453. The standard InChI is InChI=1S/C15H25N3O3/c1-10-7-13(18-21-10)9-16-11-5-6-12(8-11)17-14(19)20-15(2,3)4/h7,11-12,16H,5-6,8-9H2,1-4H3,(H,17,19). The van der Waals surface area contributed by atoms with Crippen LogP contribution in [0.2, 0.25) is 0 Å². The number of rotatable bonds is 4. The molecule has 1 saturated carbocycles. The van der Waals surface area contributed by atoms with Crippen LogP contribution in [0.1, 0.15) is 51.5 Å². The third kappa shape index (κ3) is 5.38. The lowest BCUT2D eigenvalue weighted by Crippen LogP contribution is -2.38. The van der Waals surface area contributed by atoms with E-state index >= 15 is 0 Å². The fraction of sp³-hybridized carbons (Fsp3) is 0.733. The van der Waals surface area contributed by atoms with Gasteiger partial charge in [0.1, 0.15) is 11.4 Å². The molecule has 1 amide bonds. The van der Waals surface area contributed by atoms with Gasteiger partial charge in [0.15, 0.2) is 0 Å². The second-order valence-corrected chi connectivity index (χ2v) is 6.66. The number of ether oxygens (including phenoxy) is 1. The van der Waals surface area contributed by atoms with Crippen molar-refractivity contribution in [1.29, 1.82) is 0 Å². The number of amides is 1. The van der Waals surface area contributed by atoms with Crippen LogP contribution in [0.15, 0.2) is 10.6 Å². The summed E-state index contributed by atoms with van der Waals surface area (Å²) in [4.78, 5) is 11.7. The normalized spacial score (nSPS) is 22.3. The molecule has 0 spiro atoms. The molecule has 2 atom stereocenters. The lowest BCUT2D eigenvalue weighted by molar-refractivity contribution is 0.0505. The molecule has 6 heteroatoms. The average molecular weight is 295 g/mol. The topological polar surface area (TPSA) is 76.4 Å². The molecule has 21 heavy (non-hydrogen) atoms. The Morgan fingerprint density at radius 3 is 2.76 bits per heavy atom. The van der Waals surface area contributed by atoms with Crippen molar-refractivity contribution in [2.45, 2.75) is 71.2 Å². The molecule has 0 radical (unpaired) electrons. The Morgan fingerprint density at radius 1 is 1.43 bits per heavy atom. The van der Waals surface area contributed by atoms with Gasteiger partial charge in [0, 0.05) is 24.7 Å². The third-order valence-corrected chi connectivity index (χ3v) is 3.40. The van der Waals surface area contributed by atoms with Crippen molar-refractivity contribution in [2.24, 2.45) is 0 Å². The Bertz CT molecular complexity index is 479. The number of alkyl carbamates (subject to hydrolysis) is 1. The van der Waals surface area contributed by atoms with Crippen molar-refractivity contribution in [1.82, 2.24) is 15.8 Å². The monoisotopic (exact) mass is 295 g/mol. The zero-order valence-electron chi connectivity index (χ0n) is 13.2. The molecule has 0 aliphatic heterocycles. The van der Waals surface area contributed by atoms with E-state index in [1.165, 1.54) is 0 Å². The Morgan fingerprint density at radius 2 is 2.14 bits per heavy atom. The summed E-state index contributed by atoms with van der Waals surface area (Å²) in [6, 6.07) is 2.50. The highest BCUT2D eigenvalue weighted by molar-refractivity contribution is 5.68. The molecular weight excluding hydrogens is 270 g/mol. The van der Waals surface area contributed by atoms with E-state index in [4.69, 9.17) is 9.26 Å². The number of nitrogens with zero attached hydrogens (tertiary/aromatic N) is 1. The van der Waals surface area contributed by atoms with Gasteiger partial charge in [-0.2, -0.15) is 0 Å². The van der Waals surface area contributed by atoms with Gasteiger partial charge in [0.05, 0.1) is 5.69 Å². The predicted molar refractivity (Wildman–Crippen MR) is 78.9 cm³/mol. The summed E-state index contributed by atoms with van der Waals surface area (Å²) in [5.74, 6) is 0.822. The van der Waals surface area contributed by atoms with E-state index < -0.39 is 5.60 Å². The van der Waals surface area contributed by atoms with Gasteiger partial charge in [-0.1, -0.05) is 5.16 Å². The van der Waals surface area contributed by atoms with Crippen molar-refractivity contribution in [2.75, 3.05) is 0 Å². The van der Waals surface area contributed by atoms with Crippen LogP contribution in [-0.2, 0) is 11.3 Å². The molecule has 0 saturated heterocycles. The first kappa shape index (κ1) is 15.8. The molecule has 1 heterocycles. The number of aromatic nitrogens is 1. The molecular formula is C15H25N3O3. The predicted octanol–water partition coefficient (Wildman–Crippen LogP) is 2.52. The van der Waals surface area contributed by atoms with E-state index in [-0.39, 0.29) is 12.1 Å². The summed E-state index contributed by atoms with van der Waals surface area (Å²) in [6.07, 6.45) is 2.59. The van der Waals surface area contributed by atoms with Gasteiger partial charge in [-0.05, 0) is 47.0 Å². The van der Waals surface area contributed by atoms with Gasteiger partial charge in [0.25, 0.3) is 0 Å². The molecule has 2 N–H and O–H groups in total. The highest BCUT2D eigenvalue weighted by Gasteiger charge is 2.27. The number of aryl methyl sites for hydroxylation is 1. The van der Waals surface area contributed by atoms with Crippen LogP contribution in [0.4, 0.5) is 4.79 Å². The highest BCUT2D eigenvalue weighted by Crippen LogP contribution is 2.20. The molecule has 2 rings (SSSR count). The van der Waals surface area contributed by atoms with E-state index in [1.54, 1.807) is 0 Å². The quantitative estimate of drug-likeness (QED) is 0.892. The van der Waals surface area contributed by atoms with E-state index in [9.17, 15) is 4.79 Å². The van der Waals surface area contributed by atoms with Crippen LogP contribution in [0.5, 0.6) is 0 Å². The van der Waals surface area contributed by atoms with E-state index in [0.29, 0.717) is 12.6 Å². The molecule has 0 bridgehead atoms. The van der Waals surface area contributed by atoms with Gasteiger partial charge in [-0.25, -0.2) is 4.79 Å². The smallest absolute Gasteiger partial charge is 0.407 e. The fourth-order valence-electron chi connectivity index (χ4n) is 2.52. The number of nitrogens with one attached hydrogen (secondary N) is 2. The van der Waals surface area contributed by atoms with Crippen molar-refractivity contribution >= 4 is 6.09 Å². The van der Waals surface area contributed by atoms with Crippen LogP contribution in [0, 0.1) is 6.92 Å². The Hall–Kier alpha value is -1.56. The molecule has 1 aliphatic carbocycles. The SMILES string of the molecule is Cc1cc(CNC2CCC(NC(=O)OC(C)(C)C)C2)no1. The number of hydrogen-bond acceptors (Lipinski definition) is 5. The maximum absolute atomic E-state index is 11.7. The highest BCUT2D eigenvalue weighted by atomic mass is 16.6. The van der Waals surface area contributed by atoms with Crippen molar-refractivity contribution in [3.63, 3.8) is 0 Å². The lowest BCUT2D eigenvalue weighted by atomic mass is 10.2. The van der Waals surface area contributed by atoms with Gasteiger partial charge in [-0.15, -0.1) is 0 Å². The zero-order chi connectivity index (χ0) is 15.5. The molecule has 1 aromatic heterocycles. The molecule has 1 fully saturated rings. The molecule has 1 aromatic rings. The largest absolute Gasteiger partial charge is 0.444 e. The van der Waals surface area contributed by atoms with Crippen LogP contribution >= 0.6 is 0 Å². The van der Waals surface area contributed by atoms with Crippen LogP contribution in [0.3, 0.4) is 0 Å². The number of hydrogen-bond donors (Lipinski definition) is 2. The maximum Gasteiger partial charge on any atom is 0.407 e. The Balaban J connectivity index is 1.70. The van der Waals surface area contributed by atoms with Crippen LogP contribution < -0.4 is 10.6 Å². The number of carbonyl (C=O) groups excluding carboxylic acids is 1. The minimum Gasteiger partial charge on any atom is -0.444 e. The third-order valence-electron chi connectivity index (χ3n) is 3.40. The van der Waals surface area contributed by atoms with Crippen LogP contribution in [0.25, 0.3) is 0 Å². The summed E-state index contributed by atoms with van der Waals surface area (Å²) in [6.45, 7) is 8.18. The summed E-state index contributed by atoms with van der Waals surface area (Å²) >= 11 is 0. The second-order valence-electron chi connectivity index (χ2n) is 6.66. The number of carbonyl (C=O) groups is 1. The fourth-order valence-corrected chi connectivity index (χ4v) is 2.52. The molecule has 118 valence electrons. The first-order chi connectivity index (χ1) is 9.82. The minimum absolute atomic E-state index is 0.177. The molecule has 6 nitrogen and oxygen atoms in total. The zero-order valence-corrected chi connectivity index (χ0v) is 13.2. The first-order valence-electron chi connectivity index (χ1n) is 7.47. The van der Waals surface area contributed by atoms with E-state index in [2.05, 4.69) is 15.8 Å². The van der Waals surface area contributed by atoms with Crippen molar-refractivity contribution < 1.29 is 14.1 Å². The van der Waals surface area contributed by atoms with Crippen LogP contribution in [-0.4, -0.2) is 28.9 Å². The lowest BCUT2D eigenvalue weighted by Gasteiger charge is -2.21. The van der Waals surface area contributed by atoms with E-state index in [0.717, 1.165) is 30.7 Å². The van der Waals surface area contributed by atoms with Gasteiger partial charge in [-0.3, -0.25) is 0 Å². The van der Waals surface area contributed by atoms with Crippen molar-refractivity contribution in [3.8, 4) is 0 Å². The average Bonchev–Trinajstić information content (AvgIpc) is 2.93. The van der Waals surface area contributed by atoms with Gasteiger partial charge >= 0.3 is 6.09 Å².